The van der Waals surface area contributed by atoms with E-state index in [9.17, 15) is 9.59 Å². The van der Waals surface area contributed by atoms with Gasteiger partial charge in [0.05, 0.1) is 0 Å². The molecule has 4 heteroatoms. The van der Waals surface area contributed by atoms with Gasteiger partial charge in [-0.2, -0.15) is 0 Å². The van der Waals surface area contributed by atoms with Crippen molar-refractivity contribution >= 4 is 11.8 Å². The van der Waals surface area contributed by atoms with Crippen LogP contribution in [0.3, 0.4) is 0 Å². The predicted octanol–water partition coefficient (Wildman–Crippen LogP) is 3.65. The van der Waals surface area contributed by atoms with Gasteiger partial charge in [-0.1, -0.05) is 27.7 Å². The van der Waals surface area contributed by atoms with Gasteiger partial charge in [0, 0.05) is 22.9 Å². The van der Waals surface area contributed by atoms with Gasteiger partial charge in [-0.25, -0.2) is 0 Å². The maximum Gasteiger partial charge on any atom is 0.223 e. The lowest BCUT2D eigenvalue weighted by molar-refractivity contribution is -0.129. The Morgan fingerprint density at radius 3 is 1.64 bits per heavy atom. The van der Waals surface area contributed by atoms with Crippen LogP contribution in [-0.4, -0.2) is 22.9 Å². The van der Waals surface area contributed by atoms with Crippen molar-refractivity contribution in [1.82, 2.24) is 10.6 Å². The van der Waals surface area contributed by atoms with Crippen molar-refractivity contribution in [2.45, 2.75) is 92.2 Å². The minimum Gasteiger partial charge on any atom is -0.351 e. The normalized spacial score (nSPS) is 15.1. The van der Waals surface area contributed by atoms with Crippen molar-refractivity contribution in [1.29, 1.82) is 0 Å². The maximum absolute atomic E-state index is 12.4. The van der Waals surface area contributed by atoms with E-state index in [1.54, 1.807) is 0 Å². The van der Waals surface area contributed by atoms with E-state index in [1.807, 2.05) is 41.5 Å². The van der Waals surface area contributed by atoms with Crippen molar-refractivity contribution in [3.8, 4) is 0 Å². The molecule has 0 saturated carbocycles. The summed E-state index contributed by atoms with van der Waals surface area (Å²) in [5.74, 6) is -0.181. The molecule has 2 atom stereocenters. The first kappa shape index (κ1) is 20.9. The third kappa shape index (κ3) is 7.28. The molecule has 0 aromatic rings. The molecule has 0 bridgehead atoms. The Balaban J connectivity index is 4.67. The molecule has 0 saturated heterocycles. The second-order valence-corrected chi connectivity index (χ2v) is 7.70. The van der Waals surface area contributed by atoms with Crippen molar-refractivity contribution < 1.29 is 9.59 Å². The van der Waals surface area contributed by atoms with Crippen molar-refractivity contribution in [3.05, 3.63) is 0 Å². The lowest BCUT2D eigenvalue weighted by Gasteiger charge is -2.29. The fourth-order valence-electron chi connectivity index (χ4n) is 2.06. The number of rotatable bonds is 9. The van der Waals surface area contributed by atoms with Gasteiger partial charge < -0.3 is 10.6 Å². The monoisotopic (exact) mass is 312 g/mol. The molecule has 0 aliphatic rings. The molecular weight excluding hydrogens is 276 g/mol. The number of amides is 2. The van der Waals surface area contributed by atoms with Gasteiger partial charge in [0.2, 0.25) is 11.8 Å². The van der Waals surface area contributed by atoms with Crippen LogP contribution >= 0.6 is 0 Å². The molecule has 22 heavy (non-hydrogen) atoms. The van der Waals surface area contributed by atoms with Crippen LogP contribution in [0, 0.1) is 11.8 Å². The summed E-state index contributed by atoms with van der Waals surface area (Å²) in [5, 5.41) is 6.15. The van der Waals surface area contributed by atoms with Crippen LogP contribution in [0.5, 0.6) is 0 Å². The molecule has 0 spiro atoms. The minimum absolute atomic E-state index is 0.0350. The number of nitrogens with one attached hydrogen (secondary N) is 2. The van der Waals surface area contributed by atoms with Crippen molar-refractivity contribution in [2.75, 3.05) is 0 Å². The molecule has 4 nitrogen and oxygen atoms in total. The Morgan fingerprint density at radius 1 is 0.864 bits per heavy atom. The highest BCUT2D eigenvalue weighted by Crippen LogP contribution is 2.19. The van der Waals surface area contributed by atoms with E-state index < -0.39 is 0 Å². The minimum atomic E-state index is -0.195. The molecule has 0 aromatic heterocycles. The van der Waals surface area contributed by atoms with Gasteiger partial charge in [-0.05, 0) is 53.4 Å². The molecule has 0 rings (SSSR count). The smallest absolute Gasteiger partial charge is 0.223 e. The van der Waals surface area contributed by atoms with Crippen LogP contribution in [0.1, 0.15) is 81.1 Å². The number of carbonyl (C=O) groups is 2. The lowest BCUT2D eigenvalue weighted by Crippen LogP contribution is -2.47. The number of hydrogen-bond donors (Lipinski definition) is 2. The molecular formula is C18H36N2O2. The standard InChI is InChI=1S/C18H36N2O2/c1-9-14(16(22)20-18(7,8)11-3)12-13(4)15(21)19-17(5,6)10-2/h13-14H,9-12H2,1-8H3,(H,19,21)(H,20,22). The van der Waals surface area contributed by atoms with Gasteiger partial charge in [0.1, 0.15) is 0 Å². The average Bonchev–Trinajstić information content (AvgIpc) is 2.43. The molecule has 130 valence electrons. The van der Waals surface area contributed by atoms with Gasteiger partial charge in [0.25, 0.3) is 0 Å². The SMILES string of the molecule is CCC(CC(C)C(=O)NC(C)(C)CC)C(=O)NC(C)(C)CC. The molecule has 0 aromatic carbocycles. The maximum atomic E-state index is 12.4. The van der Waals surface area contributed by atoms with Crippen LogP contribution in [0.4, 0.5) is 0 Å². The zero-order valence-corrected chi connectivity index (χ0v) is 15.8. The average molecular weight is 312 g/mol. The van der Waals surface area contributed by atoms with E-state index in [2.05, 4.69) is 24.5 Å². The highest BCUT2D eigenvalue weighted by Gasteiger charge is 2.28. The Bertz CT molecular complexity index is 375. The molecule has 0 aliphatic heterocycles. The zero-order chi connectivity index (χ0) is 17.6. The van der Waals surface area contributed by atoms with Gasteiger partial charge in [-0.3, -0.25) is 9.59 Å². The summed E-state index contributed by atoms with van der Waals surface area (Å²) in [4.78, 5) is 24.7. The van der Waals surface area contributed by atoms with Crippen LogP contribution < -0.4 is 10.6 Å². The summed E-state index contributed by atoms with van der Waals surface area (Å²) in [6.07, 6.45) is 3.11. The van der Waals surface area contributed by atoms with Gasteiger partial charge in [0.15, 0.2) is 0 Å². The van der Waals surface area contributed by atoms with E-state index in [0.29, 0.717) is 6.42 Å². The fraction of sp³-hybridized carbons (Fsp3) is 0.889. The topological polar surface area (TPSA) is 58.2 Å². The Morgan fingerprint density at radius 2 is 1.27 bits per heavy atom. The quantitative estimate of drug-likeness (QED) is 0.683. The third-order valence-corrected chi connectivity index (χ3v) is 4.64. The summed E-state index contributed by atoms with van der Waals surface area (Å²) < 4.78 is 0. The first-order valence-corrected chi connectivity index (χ1v) is 8.62. The summed E-state index contributed by atoms with van der Waals surface area (Å²) >= 11 is 0. The molecule has 0 aliphatic carbocycles. The van der Waals surface area contributed by atoms with E-state index in [-0.39, 0.29) is 34.7 Å². The van der Waals surface area contributed by atoms with Crippen LogP contribution in [0.2, 0.25) is 0 Å². The molecule has 2 unspecified atom stereocenters. The number of hydrogen-bond acceptors (Lipinski definition) is 2. The molecule has 0 fully saturated rings. The zero-order valence-electron chi connectivity index (χ0n) is 15.8. The van der Waals surface area contributed by atoms with Crippen molar-refractivity contribution in [2.24, 2.45) is 11.8 Å². The van der Waals surface area contributed by atoms with E-state index >= 15 is 0 Å². The Kier molecular flexibility index (Phi) is 8.13. The third-order valence-electron chi connectivity index (χ3n) is 4.64. The highest BCUT2D eigenvalue weighted by atomic mass is 16.2. The molecule has 2 amide bonds. The first-order valence-electron chi connectivity index (χ1n) is 8.62. The summed E-state index contributed by atoms with van der Waals surface area (Å²) in [7, 11) is 0. The lowest BCUT2D eigenvalue weighted by atomic mass is 9.90. The van der Waals surface area contributed by atoms with Crippen LogP contribution in [0.25, 0.3) is 0 Å². The fourth-order valence-corrected chi connectivity index (χ4v) is 2.06. The van der Waals surface area contributed by atoms with E-state index in [1.165, 1.54) is 0 Å². The summed E-state index contributed by atoms with van der Waals surface area (Å²) in [5.41, 5.74) is -0.389. The Hall–Kier alpha value is -1.06. The summed E-state index contributed by atoms with van der Waals surface area (Å²) in [6.45, 7) is 16.1. The largest absolute Gasteiger partial charge is 0.351 e. The van der Waals surface area contributed by atoms with Crippen molar-refractivity contribution in [3.63, 3.8) is 0 Å². The van der Waals surface area contributed by atoms with Crippen LogP contribution in [-0.2, 0) is 9.59 Å². The van der Waals surface area contributed by atoms with Gasteiger partial charge >= 0.3 is 0 Å². The number of carbonyl (C=O) groups excluding carboxylic acids is 2. The molecule has 0 radical (unpaired) electrons. The highest BCUT2D eigenvalue weighted by molar-refractivity contribution is 5.82. The second kappa shape index (κ2) is 8.54. The second-order valence-electron chi connectivity index (χ2n) is 7.70. The van der Waals surface area contributed by atoms with E-state index in [4.69, 9.17) is 0 Å². The Labute approximate surface area is 136 Å². The van der Waals surface area contributed by atoms with Gasteiger partial charge in [-0.15, -0.1) is 0 Å². The predicted molar refractivity (Wildman–Crippen MR) is 92.6 cm³/mol. The molecule has 2 N–H and O–H groups in total. The first-order chi connectivity index (χ1) is 9.98. The van der Waals surface area contributed by atoms with E-state index in [0.717, 1.165) is 19.3 Å². The summed E-state index contributed by atoms with van der Waals surface area (Å²) in [6, 6.07) is 0. The van der Waals surface area contributed by atoms with Crippen LogP contribution in [0.15, 0.2) is 0 Å². The molecule has 0 heterocycles.